The average Bonchev–Trinajstić information content (AvgIpc) is 3.06. The maximum atomic E-state index is 11.7. The Morgan fingerprint density at radius 2 is 1.56 bits per heavy atom. The van der Waals surface area contributed by atoms with E-state index in [1.807, 2.05) is 60.1 Å². The highest BCUT2D eigenvalue weighted by molar-refractivity contribution is 5.96. The van der Waals surface area contributed by atoms with E-state index < -0.39 is 5.97 Å². The number of imidazole rings is 1. The molecule has 0 atom stereocenters. The fourth-order valence-corrected chi connectivity index (χ4v) is 3.24. The molecule has 0 amide bonds. The van der Waals surface area contributed by atoms with Gasteiger partial charge in [0.2, 0.25) is 0 Å². The summed E-state index contributed by atoms with van der Waals surface area (Å²) in [5, 5.41) is 9.58. The predicted molar refractivity (Wildman–Crippen MR) is 104 cm³/mol. The lowest BCUT2D eigenvalue weighted by molar-refractivity contribution is 0.0697. The second kappa shape index (κ2) is 6.88. The fraction of sp³-hybridized carbons (Fsp3) is 0.0455. The Bertz CT molecular complexity index is 1100. The molecular formula is C22H17N3O2. The molecule has 27 heavy (non-hydrogen) atoms. The zero-order valence-corrected chi connectivity index (χ0v) is 14.7. The van der Waals surface area contributed by atoms with Crippen molar-refractivity contribution in [3.05, 3.63) is 84.7 Å². The van der Waals surface area contributed by atoms with Gasteiger partial charge < -0.3 is 9.67 Å². The van der Waals surface area contributed by atoms with Gasteiger partial charge >= 0.3 is 5.97 Å². The summed E-state index contributed by atoms with van der Waals surface area (Å²) in [5.41, 5.74) is 4.48. The van der Waals surface area contributed by atoms with Gasteiger partial charge in [-0.15, -0.1) is 0 Å². The van der Waals surface area contributed by atoms with Crippen molar-refractivity contribution in [3.63, 3.8) is 0 Å². The fourth-order valence-electron chi connectivity index (χ4n) is 3.24. The van der Waals surface area contributed by atoms with Gasteiger partial charge in [-0.1, -0.05) is 48.5 Å². The topological polar surface area (TPSA) is 68.0 Å². The summed E-state index contributed by atoms with van der Waals surface area (Å²) in [4.78, 5) is 20.6. The highest BCUT2D eigenvalue weighted by atomic mass is 16.4. The second-order valence-corrected chi connectivity index (χ2v) is 6.14. The maximum absolute atomic E-state index is 11.7. The first-order chi connectivity index (χ1) is 13.2. The van der Waals surface area contributed by atoms with Gasteiger partial charge in [0, 0.05) is 36.1 Å². The minimum atomic E-state index is -0.972. The molecule has 0 aliphatic rings. The summed E-state index contributed by atoms with van der Waals surface area (Å²) >= 11 is 0. The molecule has 5 nitrogen and oxygen atoms in total. The quantitative estimate of drug-likeness (QED) is 0.585. The molecule has 2 aromatic heterocycles. The largest absolute Gasteiger partial charge is 0.478 e. The van der Waals surface area contributed by atoms with Crippen LogP contribution >= 0.6 is 0 Å². The average molecular weight is 355 g/mol. The van der Waals surface area contributed by atoms with Crippen LogP contribution in [0.5, 0.6) is 0 Å². The molecule has 0 spiro atoms. The third kappa shape index (κ3) is 3.00. The number of aromatic carboxylic acids is 1. The molecule has 0 fully saturated rings. The number of rotatable bonds is 4. The van der Waals surface area contributed by atoms with E-state index in [0.29, 0.717) is 11.4 Å². The van der Waals surface area contributed by atoms with Gasteiger partial charge in [-0.05, 0) is 18.2 Å². The Kier molecular flexibility index (Phi) is 4.26. The van der Waals surface area contributed by atoms with Crippen LogP contribution in [0.25, 0.3) is 33.9 Å². The lowest BCUT2D eigenvalue weighted by atomic mass is 10.1. The Morgan fingerprint density at radius 3 is 2.26 bits per heavy atom. The van der Waals surface area contributed by atoms with Gasteiger partial charge in [0.25, 0.3) is 0 Å². The molecule has 132 valence electrons. The van der Waals surface area contributed by atoms with Crippen LogP contribution < -0.4 is 0 Å². The molecule has 0 unspecified atom stereocenters. The van der Waals surface area contributed by atoms with Crippen molar-refractivity contribution >= 4 is 5.97 Å². The summed E-state index contributed by atoms with van der Waals surface area (Å²) in [6, 6.07) is 20.7. The van der Waals surface area contributed by atoms with Crippen molar-refractivity contribution in [2.75, 3.05) is 0 Å². The van der Waals surface area contributed by atoms with Crippen molar-refractivity contribution in [3.8, 4) is 33.9 Å². The van der Waals surface area contributed by atoms with Crippen LogP contribution in [0, 0.1) is 0 Å². The Labute approximate surface area is 156 Å². The molecular weight excluding hydrogens is 338 g/mol. The molecule has 2 aromatic carbocycles. The van der Waals surface area contributed by atoms with Crippen molar-refractivity contribution in [2.45, 2.75) is 0 Å². The number of carboxylic acids is 1. The number of hydrogen-bond donors (Lipinski definition) is 1. The SMILES string of the molecule is Cn1c(-c2ccccc2C(=O)O)nc(-c2ccccc2)c1-c1ccncc1. The standard InChI is InChI=1S/C22H17N3O2/c1-25-20(16-11-13-23-14-12-16)19(15-7-3-2-4-8-15)24-21(25)17-9-5-6-10-18(17)22(26)27/h2-14H,1H3,(H,26,27). The van der Waals surface area contributed by atoms with E-state index in [2.05, 4.69) is 4.98 Å². The van der Waals surface area contributed by atoms with E-state index in [1.165, 1.54) is 0 Å². The summed E-state index contributed by atoms with van der Waals surface area (Å²) in [6.45, 7) is 0. The van der Waals surface area contributed by atoms with Crippen molar-refractivity contribution in [1.29, 1.82) is 0 Å². The zero-order chi connectivity index (χ0) is 18.8. The molecule has 0 aliphatic heterocycles. The number of nitrogens with zero attached hydrogens (tertiary/aromatic N) is 3. The lowest BCUT2D eigenvalue weighted by Gasteiger charge is -2.09. The number of benzene rings is 2. The van der Waals surface area contributed by atoms with Crippen LogP contribution in [0.1, 0.15) is 10.4 Å². The van der Waals surface area contributed by atoms with Crippen LogP contribution in [0.2, 0.25) is 0 Å². The maximum Gasteiger partial charge on any atom is 0.336 e. The first-order valence-electron chi connectivity index (χ1n) is 8.52. The van der Waals surface area contributed by atoms with E-state index in [-0.39, 0.29) is 5.56 Å². The van der Waals surface area contributed by atoms with Crippen molar-refractivity contribution in [2.24, 2.45) is 7.05 Å². The van der Waals surface area contributed by atoms with E-state index in [4.69, 9.17) is 4.98 Å². The minimum Gasteiger partial charge on any atom is -0.478 e. The molecule has 5 heteroatoms. The first kappa shape index (κ1) is 16.7. The van der Waals surface area contributed by atoms with Crippen molar-refractivity contribution in [1.82, 2.24) is 14.5 Å². The molecule has 2 heterocycles. The second-order valence-electron chi connectivity index (χ2n) is 6.14. The van der Waals surface area contributed by atoms with Gasteiger partial charge in [0.1, 0.15) is 5.82 Å². The van der Waals surface area contributed by atoms with Crippen LogP contribution in [0.3, 0.4) is 0 Å². The van der Waals surface area contributed by atoms with E-state index >= 15 is 0 Å². The number of aromatic nitrogens is 3. The lowest BCUT2D eigenvalue weighted by Crippen LogP contribution is -2.03. The predicted octanol–water partition coefficient (Wildman–Crippen LogP) is 4.51. The van der Waals surface area contributed by atoms with Gasteiger partial charge in [0.05, 0.1) is 17.0 Å². The summed E-state index contributed by atoms with van der Waals surface area (Å²) in [7, 11) is 1.91. The summed E-state index contributed by atoms with van der Waals surface area (Å²) < 4.78 is 1.94. The van der Waals surface area contributed by atoms with Crippen molar-refractivity contribution < 1.29 is 9.90 Å². The molecule has 0 saturated heterocycles. The molecule has 0 bridgehead atoms. The number of carboxylic acid groups (broad SMARTS) is 1. The summed E-state index contributed by atoms with van der Waals surface area (Å²) in [5.74, 6) is -0.362. The third-order valence-corrected chi connectivity index (χ3v) is 4.49. The Morgan fingerprint density at radius 1 is 0.889 bits per heavy atom. The van der Waals surface area contributed by atoms with Crippen LogP contribution in [0.15, 0.2) is 79.1 Å². The third-order valence-electron chi connectivity index (χ3n) is 4.49. The van der Waals surface area contributed by atoms with Gasteiger partial charge in [0.15, 0.2) is 0 Å². The number of pyridine rings is 1. The molecule has 4 rings (SSSR count). The monoisotopic (exact) mass is 355 g/mol. The number of carbonyl (C=O) groups is 1. The smallest absolute Gasteiger partial charge is 0.336 e. The van der Waals surface area contributed by atoms with Crippen LogP contribution in [0.4, 0.5) is 0 Å². The van der Waals surface area contributed by atoms with E-state index in [0.717, 1.165) is 22.5 Å². The Hall–Kier alpha value is -3.73. The normalized spacial score (nSPS) is 10.7. The van der Waals surface area contributed by atoms with E-state index in [1.54, 1.807) is 30.6 Å². The van der Waals surface area contributed by atoms with Gasteiger partial charge in [-0.2, -0.15) is 0 Å². The minimum absolute atomic E-state index is 0.228. The molecule has 0 saturated carbocycles. The molecule has 0 radical (unpaired) electrons. The van der Waals surface area contributed by atoms with E-state index in [9.17, 15) is 9.90 Å². The van der Waals surface area contributed by atoms with Crippen LogP contribution in [-0.2, 0) is 7.05 Å². The Balaban J connectivity index is 2.02. The van der Waals surface area contributed by atoms with Gasteiger partial charge in [-0.3, -0.25) is 4.98 Å². The van der Waals surface area contributed by atoms with Crippen LogP contribution in [-0.4, -0.2) is 25.6 Å². The highest BCUT2D eigenvalue weighted by Crippen LogP contribution is 2.36. The molecule has 0 aliphatic carbocycles. The number of hydrogen-bond acceptors (Lipinski definition) is 3. The first-order valence-corrected chi connectivity index (χ1v) is 8.52. The van der Waals surface area contributed by atoms with Gasteiger partial charge in [-0.25, -0.2) is 9.78 Å². The zero-order valence-electron chi connectivity index (χ0n) is 14.7. The summed E-state index contributed by atoms with van der Waals surface area (Å²) in [6.07, 6.45) is 3.48. The highest BCUT2D eigenvalue weighted by Gasteiger charge is 2.21. The molecule has 4 aromatic rings. The molecule has 1 N–H and O–H groups in total.